The molecule has 6 heteroatoms. The van der Waals surface area contributed by atoms with Crippen LogP contribution in [0.25, 0.3) is 17.2 Å². The van der Waals surface area contributed by atoms with E-state index in [4.69, 9.17) is 17.6 Å². The van der Waals surface area contributed by atoms with Gasteiger partial charge in [-0.3, -0.25) is 9.98 Å². The lowest BCUT2D eigenvalue weighted by Gasteiger charge is -2.19. The van der Waals surface area contributed by atoms with Gasteiger partial charge in [0, 0.05) is 23.6 Å². The molecule has 0 aliphatic carbocycles. The Morgan fingerprint density at radius 2 is 1.50 bits per heavy atom. The van der Waals surface area contributed by atoms with Crippen molar-refractivity contribution in [2.45, 2.75) is 13.8 Å². The van der Waals surface area contributed by atoms with E-state index in [0.29, 0.717) is 18.8 Å². The molecule has 0 radical (unpaired) electrons. The molecule has 160 valence electrons. The fraction of sp³-hybridized carbons (Fsp3) is 0.154. The maximum Gasteiger partial charge on any atom is 0.999 e. The molecule has 0 atom stereocenters. The number of halogens is 1. The molecule has 0 saturated heterocycles. The number of aryl methyl sites for hydroxylation is 2. The van der Waals surface area contributed by atoms with Gasteiger partial charge in [-0.1, -0.05) is 49.1 Å². The number of hydrogen-bond acceptors (Lipinski definition) is 4. The van der Waals surface area contributed by atoms with Gasteiger partial charge in [0.25, 0.3) is 0 Å². The van der Waals surface area contributed by atoms with Gasteiger partial charge in [-0.05, 0) is 59.9 Å². The van der Waals surface area contributed by atoms with E-state index in [1.807, 2.05) is 50.6 Å². The van der Waals surface area contributed by atoms with Crippen molar-refractivity contribution in [3.8, 4) is 22.6 Å². The predicted octanol–water partition coefficient (Wildman–Crippen LogP) is 6.15. The van der Waals surface area contributed by atoms with Crippen molar-refractivity contribution >= 4 is 42.4 Å². The minimum absolute atomic E-state index is 0.580. The molecule has 0 unspecified atom stereocenters. The summed E-state index contributed by atoms with van der Waals surface area (Å²) < 4.78 is 12.3. The quantitative estimate of drug-likeness (QED) is 0.432. The van der Waals surface area contributed by atoms with Crippen LogP contribution >= 0.6 is 10.0 Å². The van der Waals surface area contributed by atoms with E-state index in [1.165, 1.54) is 0 Å². The first-order valence-electron chi connectivity index (χ1n) is 10.5. The third kappa shape index (κ3) is 5.14. The summed E-state index contributed by atoms with van der Waals surface area (Å²) in [6.45, 7) is 9.01. The van der Waals surface area contributed by atoms with Crippen LogP contribution in [0.4, 0.5) is 0 Å². The fourth-order valence-electron chi connectivity index (χ4n) is 3.62. The Kier molecular flexibility index (Phi) is 7.12. The first-order valence-corrected chi connectivity index (χ1v) is 13.2. The summed E-state index contributed by atoms with van der Waals surface area (Å²) in [6, 6.07) is 18.4. The minimum atomic E-state index is -2.56. The lowest BCUT2D eigenvalue weighted by atomic mass is 9.98. The smallest absolute Gasteiger partial charge is 0.599 e. The average molecular weight is 459 g/mol. The molecular weight excluding hydrogens is 435 g/mol. The third-order valence-electron chi connectivity index (χ3n) is 5.27. The number of fused-ring (bicyclic) bond motifs is 2. The molecule has 4 rings (SSSR count). The molecule has 4 nitrogen and oxygen atoms in total. The van der Waals surface area contributed by atoms with Crippen LogP contribution in [0.15, 0.2) is 71.2 Å². The topological polar surface area (TPSA) is 43.2 Å². The number of aliphatic imine (C=N–C) groups is 2. The summed E-state index contributed by atoms with van der Waals surface area (Å²) in [7, 11) is 6.64. The number of benzene rings is 3. The van der Waals surface area contributed by atoms with Gasteiger partial charge < -0.3 is 7.58 Å². The van der Waals surface area contributed by atoms with Crippen LogP contribution in [0, 0.1) is 13.8 Å². The van der Waals surface area contributed by atoms with Crippen molar-refractivity contribution in [2.24, 2.45) is 9.98 Å². The molecule has 1 aliphatic rings. The van der Waals surface area contributed by atoms with E-state index < -0.39 is 13.9 Å². The van der Waals surface area contributed by atoms with Gasteiger partial charge in [0.1, 0.15) is 0 Å². The molecule has 0 N–H and O–H groups in total. The van der Waals surface area contributed by atoms with Gasteiger partial charge in [0.2, 0.25) is 0 Å². The van der Waals surface area contributed by atoms with Crippen molar-refractivity contribution in [1.82, 2.24) is 0 Å². The maximum absolute atomic E-state index is 6.64. The Morgan fingerprint density at radius 1 is 0.844 bits per heavy atom. The van der Waals surface area contributed by atoms with Gasteiger partial charge in [-0.2, -0.15) is 10.0 Å². The number of nitrogens with zero attached hydrogens (tertiary/aromatic N) is 2. The second-order valence-electron chi connectivity index (χ2n) is 7.61. The van der Waals surface area contributed by atoms with Crippen LogP contribution in [-0.2, 0) is 0 Å². The first kappa shape index (κ1) is 22.4. The van der Waals surface area contributed by atoms with Crippen LogP contribution in [0.1, 0.15) is 27.8 Å². The van der Waals surface area contributed by atoms with E-state index in [2.05, 4.69) is 53.0 Å². The highest BCUT2D eigenvalue weighted by molar-refractivity contribution is 7.00. The van der Waals surface area contributed by atoms with Gasteiger partial charge in [0.05, 0.1) is 24.6 Å². The molecule has 0 saturated carbocycles. The highest BCUT2D eigenvalue weighted by Crippen LogP contribution is 2.32. The lowest BCUT2D eigenvalue weighted by molar-refractivity contribution is 0.443. The molecule has 1 heterocycles. The molecule has 32 heavy (non-hydrogen) atoms. The molecule has 0 fully saturated rings. The third-order valence-corrected chi connectivity index (χ3v) is 6.64. The van der Waals surface area contributed by atoms with Gasteiger partial charge in [0.15, 0.2) is 0 Å². The second kappa shape index (κ2) is 10.2. The standard InChI is InChI=1S/C26H26N2O2.Al.ClH/c1-4-20-8-10-21(11-9-20)23-14-19(3)26(30)24(15-23)17-28-13-12-27-16-22-7-5-6-18(2)25(22)29;;/h4-11,14-17,29-30H,1,12-13H2,2-3H3;;1H/q;+3;/p-3. The maximum atomic E-state index is 6.64. The Balaban J connectivity index is 1.73. The normalized spacial score (nSPS) is 13.5. The van der Waals surface area contributed by atoms with Crippen LogP contribution < -0.4 is 7.58 Å². The Morgan fingerprint density at radius 3 is 2.19 bits per heavy atom. The molecule has 0 spiro atoms. The highest BCUT2D eigenvalue weighted by atomic mass is 35.6. The number of rotatable bonds is 2. The van der Waals surface area contributed by atoms with E-state index in [-0.39, 0.29) is 0 Å². The zero-order valence-electron chi connectivity index (χ0n) is 18.2. The van der Waals surface area contributed by atoms with Crippen LogP contribution in [-0.4, -0.2) is 39.4 Å². The van der Waals surface area contributed by atoms with Crippen molar-refractivity contribution in [3.05, 3.63) is 89.0 Å². The first-order chi connectivity index (χ1) is 15.5. The van der Waals surface area contributed by atoms with Gasteiger partial charge >= 0.3 is 13.9 Å². The predicted molar refractivity (Wildman–Crippen MR) is 136 cm³/mol. The minimum Gasteiger partial charge on any atom is -0.599 e. The Bertz CT molecular complexity index is 1190. The summed E-state index contributed by atoms with van der Waals surface area (Å²) >= 11 is -2.56. The van der Waals surface area contributed by atoms with Gasteiger partial charge in [-0.25, -0.2) is 0 Å². The Labute approximate surface area is 198 Å². The largest absolute Gasteiger partial charge is 0.999 e. The van der Waals surface area contributed by atoms with Crippen LogP contribution in [0.5, 0.6) is 11.5 Å². The van der Waals surface area contributed by atoms with Crippen LogP contribution in [0.3, 0.4) is 0 Å². The molecule has 0 amide bonds. The van der Waals surface area contributed by atoms with E-state index in [0.717, 1.165) is 44.7 Å². The van der Waals surface area contributed by atoms with Gasteiger partial charge in [-0.15, -0.1) is 0 Å². The average Bonchev–Trinajstić information content (AvgIpc) is 2.80. The number of hydrogen-bond donors (Lipinski definition) is 0. The highest BCUT2D eigenvalue weighted by Gasteiger charge is 2.34. The Hall–Kier alpha value is -2.84. The zero-order chi connectivity index (χ0) is 22.5. The van der Waals surface area contributed by atoms with Crippen molar-refractivity contribution in [3.63, 3.8) is 0 Å². The van der Waals surface area contributed by atoms with E-state index in [9.17, 15) is 0 Å². The number of para-hydroxylation sites is 1. The summed E-state index contributed by atoms with van der Waals surface area (Å²) in [5.41, 5.74) is 7.04. The summed E-state index contributed by atoms with van der Waals surface area (Å²) in [5, 5.41) is 0. The molecule has 3 aromatic rings. The zero-order valence-corrected chi connectivity index (χ0v) is 20.1. The summed E-state index contributed by atoms with van der Waals surface area (Å²) in [6.07, 6.45) is 5.50. The molecule has 1 aliphatic heterocycles. The second-order valence-corrected chi connectivity index (χ2v) is 9.70. The van der Waals surface area contributed by atoms with Crippen molar-refractivity contribution in [1.29, 1.82) is 0 Å². The fourth-order valence-corrected chi connectivity index (χ4v) is 5.22. The molecule has 3 aromatic carbocycles. The SMILES string of the molecule is C=Cc1ccc(-c2cc(C)c3c(c2)C=NCCN=Cc2cccc(C)c2[O][Al]([Cl])[O]3)cc1. The molecule has 0 bridgehead atoms. The van der Waals surface area contributed by atoms with Crippen LogP contribution in [0.2, 0.25) is 0 Å². The monoisotopic (exact) mass is 458 g/mol. The molecule has 0 aromatic heterocycles. The van der Waals surface area contributed by atoms with Crippen molar-refractivity contribution < 1.29 is 7.58 Å². The molecular formula is C26H24AlClN2O2. The van der Waals surface area contributed by atoms with E-state index >= 15 is 0 Å². The summed E-state index contributed by atoms with van der Waals surface area (Å²) in [4.78, 5) is 9.08. The summed E-state index contributed by atoms with van der Waals surface area (Å²) in [5.74, 6) is 1.43. The van der Waals surface area contributed by atoms with Crippen molar-refractivity contribution in [2.75, 3.05) is 13.1 Å². The van der Waals surface area contributed by atoms with E-state index in [1.54, 1.807) is 0 Å². The lowest BCUT2D eigenvalue weighted by Crippen LogP contribution is -2.25.